The Kier molecular flexibility index (Phi) is 4.46. The van der Waals surface area contributed by atoms with Crippen LogP contribution in [-0.2, 0) is 13.0 Å². The zero-order chi connectivity index (χ0) is 17.4. The van der Waals surface area contributed by atoms with Gasteiger partial charge in [0.15, 0.2) is 0 Å². The lowest BCUT2D eigenvalue weighted by molar-refractivity contribution is 0.140. The summed E-state index contributed by atoms with van der Waals surface area (Å²) >= 11 is 6.30. The van der Waals surface area contributed by atoms with Crippen LogP contribution in [0.15, 0.2) is 36.8 Å². The lowest BCUT2D eigenvalue weighted by atomic mass is 10.0. The summed E-state index contributed by atoms with van der Waals surface area (Å²) in [5.74, 6) is 0.185. The van der Waals surface area contributed by atoms with Crippen LogP contribution in [0.2, 0.25) is 5.02 Å². The molecule has 25 heavy (non-hydrogen) atoms. The number of nitrogens with one attached hydrogen (secondary N) is 1. The Morgan fingerprint density at radius 1 is 1.32 bits per heavy atom. The monoisotopic (exact) mass is 356 g/mol. The molecule has 1 aliphatic rings. The Hall–Kier alpha value is -1.95. The number of aromatic amines is 1. The highest BCUT2D eigenvalue weighted by Crippen LogP contribution is 2.29. The molecular formula is C19H21ClN4O. The van der Waals surface area contributed by atoms with E-state index in [1.54, 1.807) is 18.6 Å². The van der Waals surface area contributed by atoms with Crippen LogP contribution in [0.25, 0.3) is 10.9 Å². The maximum absolute atomic E-state index is 10.4. The summed E-state index contributed by atoms with van der Waals surface area (Å²) < 4.78 is 0. The second-order valence-electron chi connectivity index (χ2n) is 6.81. The van der Waals surface area contributed by atoms with Gasteiger partial charge in [-0.2, -0.15) is 0 Å². The highest BCUT2D eigenvalue weighted by Gasteiger charge is 2.32. The van der Waals surface area contributed by atoms with Crippen LogP contribution < -0.4 is 0 Å². The molecule has 2 aromatic heterocycles. The molecule has 0 spiro atoms. The van der Waals surface area contributed by atoms with Crippen LogP contribution in [0, 0.1) is 12.8 Å². The number of H-pyrrole nitrogens is 1. The summed E-state index contributed by atoms with van der Waals surface area (Å²) in [7, 11) is 0. The third-order valence-corrected chi connectivity index (χ3v) is 5.41. The van der Waals surface area contributed by atoms with Crippen molar-refractivity contribution in [2.24, 2.45) is 5.92 Å². The van der Waals surface area contributed by atoms with Gasteiger partial charge < -0.3 is 10.1 Å². The number of aliphatic hydroxyl groups is 1. The summed E-state index contributed by atoms with van der Waals surface area (Å²) in [4.78, 5) is 14.2. The summed E-state index contributed by atoms with van der Waals surface area (Å²) in [5, 5.41) is 12.3. The van der Waals surface area contributed by atoms with E-state index in [1.165, 1.54) is 10.9 Å². The zero-order valence-corrected chi connectivity index (χ0v) is 14.9. The predicted molar refractivity (Wildman–Crippen MR) is 98.6 cm³/mol. The van der Waals surface area contributed by atoms with Gasteiger partial charge in [0.1, 0.15) is 0 Å². The van der Waals surface area contributed by atoms with Gasteiger partial charge in [-0.05, 0) is 25.0 Å². The molecule has 1 fully saturated rings. The number of likely N-dealkylation sites (tertiary alicyclic amines) is 1. The number of fused-ring (bicyclic) bond motifs is 1. The third-order valence-electron chi connectivity index (χ3n) is 5.10. The van der Waals surface area contributed by atoms with E-state index in [0.717, 1.165) is 41.4 Å². The van der Waals surface area contributed by atoms with Crippen molar-refractivity contribution >= 4 is 22.5 Å². The number of aromatic nitrogens is 3. The molecule has 6 heteroatoms. The van der Waals surface area contributed by atoms with Crippen LogP contribution in [0.1, 0.15) is 17.0 Å². The number of aryl methyl sites for hydroxylation is 1. The molecule has 0 saturated carbocycles. The fourth-order valence-electron chi connectivity index (χ4n) is 3.73. The van der Waals surface area contributed by atoms with Crippen molar-refractivity contribution in [2.75, 3.05) is 13.1 Å². The Labute approximate surface area is 151 Å². The predicted octanol–water partition coefficient (Wildman–Crippen LogP) is 2.96. The number of para-hydroxylation sites is 1. The van der Waals surface area contributed by atoms with E-state index in [-0.39, 0.29) is 12.0 Å². The van der Waals surface area contributed by atoms with Gasteiger partial charge in [-0.3, -0.25) is 14.9 Å². The first-order valence-electron chi connectivity index (χ1n) is 8.53. The van der Waals surface area contributed by atoms with Crippen LogP contribution >= 0.6 is 11.6 Å². The Morgan fingerprint density at radius 3 is 2.96 bits per heavy atom. The first kappa shape index (κ1) is 16.5. The molecule has 2 atom stereocenters. The zero-order valence-electron chi connectivity index (χ0n) is 14.1. The number of β-amino-alcohol motifs (C(OH)–C–C–N with tert-alkyl or cyclic N) is 1. The normalized spacial score (nSPS) is 21.2. The van der Waals surface area contributed by atoms with E-state index < -0.39 is 0 Å². The number of benzene rings is 1. The van der Waals surface area contributed by atoms with Gasteiger partial charge in [0, 0.05) is 55.2 Å². The van der Waals surface area contributed by atoms with Crippen LogP contribution in [0.4, 0.5) is 0 Å². The van der Waals surface area contributed by atoms with Crippen LogP contribution in [0.3, 0.4) is 0 Å². The molecule has 5 nitrogen and oxygen atoms in total. The van der Waals surface area contributed by atoms with Crippen LogP contribution in [-0.4, -0.2) is 44.2 Å². The molecule has 0 aliphatic carbocycles. The molecule has 0 unspecified atom stereocenters. The average molecular weight is 357 g/mol. The Balaban J connectivity index is 1.49. The van der Waals surface area contributed by atoms with Crippen molar-refractivity contribution in [1.82, 2.24) is 19.9 Å². The largest absolute Gasteiger partial charge is 0.391 e. The van der Waals surface area contributed by atoms with Crippen molar-refractivity contribution in [2.45, 2.75) is 26.0 Å². The second kappa shape index (κ2) is 6.75. The maximum Gasteiger partial charge on any atom is 0.0711 e. The first-order chi connectivity index (χ1) is 12.1. The van der Waals surface area contributed by atoms with Gasteiger partial charge in [-0.1, -0.05) is 23.7 Å². The highest BCUT2D eigenvalue weighted by atomic mass is 35.5. The van der Waals surface area contributed by atoms with Gasteiger partial charge in [-0.25, -0.2) is 0 Å². The molecular weight excluding hydrogens is 336 g/mol. The molecule has 3 heterocycles. The quantitative estimate of drug-likeness (QED) is 0.754. The summed E-state index contributed by atoms with van der Waals surface area (Å²) in [6, 6.07) is 5.97. The summed E-state index contributed by atoms with van der Waals surface area (Å²) in [6.07, 6.45) is 5.56. The van der Waals surface area contributed by atoms with Crippen molar-refractivity contribution in [3.63, 3.8) is 0 Å². The van der Waals surface area contributed by atoms with E-state index in [2.05, 4.69) is 32.8 Å². The van der Waals surface area contributed by atoms with Crippen LogP contribution in [0.5, 0.6) is 0 Å². The molecule has 130 valence electrons. The minimum absolute atomic E-state index is 0.185. The number of rotatable bonds is 4. The van der Waals surface area contributed by atoms with Crippen molar-refractivity contribution < 1.29 is 5.11 Å². The Bertz CT molecular complexity index is 880. The van der Waals surface area contributed by atoms with E-state index in [1.807, 2.05) is 12.1 Å². The first-order valence-corrected chi connectivity index (χ1v) is 8.90. The number of nitrogens with zero attached hydrogens (tertiary/aromatic N) is 3. The van der Waals surface area contributed by atoms with E-state index in [9.17, 15) is 5.11 Å². The fraction of sp³-hybridized carbons (Fsp3) is 0.368. The minimum Gasteiger partial charge on any atom is -0.391 e. The SMILES string of the molecule is Cc1c(CN2C[C@@H](Cc3cnccn3)[C@H](O)C2)[nH]c2c(Cl)cccc12. The van der Waals surface area contributed by atoms with Crippen molar-refractivity contribution in [3.05, 3.63) is 58.8 Å². The van der Waals surface area contributed by atoms with E-state index >= 15 is 0 Å². The van der Waals surface area contributed by atoms with E-state index in [0.29, 0.717) is 6.54 Å². The van der Waals surface area contributed by atoms with Crippen molar-refractivity contribution in [1.29, 1.82) is 0 Å². The molecule has 1 aromatic carbocycles. The smallest absolute Gasteiger partial charge is 0.0711 e. The van der Waals surface area contributed by atoms with Gasteiger partial charge in [0.25, 0.3) is 0 Å². The minimum atomic E-state index is -0.338. The number of hydrogen-bond donors (Lipinski definition) is 2. The fourth-order valence-corrected chi connectivity index (χ4v) is 3.95. The summed E-state index contributed by atoms with van der Waals surface area (Å²) in [6.45, 7) is 4.42. The molecule has 1 saturated heterocycles. The third kappa shape index (κ3) is 3.27. The van der Waals surface area contributed by atoms with Gasteiger partial charge in [0.05, 0.1) is 22.3 Å². The molecule has 3 aromatic rings. The molecule has 2 N–H and O–H groups in total. The Morgan fingerprint density at radius 2 is 2.20 bits per heavy atom. The molecule has 0 radical (unpaired) electrons. The van der Waals surface area contributed by atoms with E-state index in [4.69, 9.17) is 11.6 Å². The molecule has 0 amide bonds. The lowest BCUT2D eigenvalue weighted by Crippen LogP contribution is -2.22. The summed E-state index contributed by atoms with van der Waals surface area (Å²) in [5.41, 5.74) is 4.31. The van der Waals surface area contributed by atoms with Gasteiger partial charge >= 0.3 is 0 Å². The lowest BCUT2D eigenvalue weighted by Gasteiger charge is -2.15. The average Bonchev–Trinajstić information content (AvgIpc) is 3.11. The van der Waals surface area contributed by atoms with Gasteiger partial charge in [0.2, 0.25) is 0 Å². The topological polar surface area (TPSA) is 65.0 Å². The molecule has 4 rings (SSSR count). The molecule has 1 aliphatic heterocycles. The van der Waals surface area contributed by atoms with Crippen molar-refractivity contribution in [3.8, 4) is 0 Å². The maximum atomic E-state index is 10.4. The molecule has 0 bridgehead atoms. The second-order valence-corrected chi connectivity index (χ2v) is 7.22. The van der Waals surface area contributed by atoms with Gasteiger partial charge in [-0.15, -0.1) is 0 Å². The highest BCUT2D eigenvalue weighted by molar-refractivity contribution is 6.35. The number of hydrogen-bond acceptors (Lipinski definition) is 4. The number of halogens is 1. The number of aliphatic hydroxyl groups excluding tert-OH is 1. The standard InChI is InChI=1S/C19H21ClN4O/c1-12-15-3-2-4-16(20)19(15)23-17(12)10-24-9-13(18(25)11-24)7-14-8-21-5-6-22-14/h2-6,8,13,18,23,25H,7,9-11H2,1H3/t13-,18-/m1/s1.